The lowest BCUT2D eigenvalue weighted by Crippen LogP contribution is -2.37. The molecule has 0 fully saturated rings. The molecule has 7 heteroatoms. The van der Waals surface area contributed by atoms with Crippen LogP contribution in [0, 0.1) is 6.92 Å². The molecule has 0 heterocycles. The summed E-state index contributed by atoms with van der Waals surface area (Å²) in [5.74, 6) is -0.392. The van der Waals surface area contributed by atoms with Crippen LogP contribution in [-0.2, 0) is 14.8 Å². The molecule has 0 aliphatic carbocycles. The van der Waals surface area contributed by atoms with Crippen molar-refractivity contribution in [2.24, 2.45) is 0 Å². The number of carbonyl (C=O) groups excluding carboxylic acids is 1. The SMILES string of the molecule is Cc1ccccc1NC(=O)CN(c1ccc(N(C)C)cc1)S(C)(=O)=O. The van der Waals surface area contributed by atoms with E-state index in [-0.39, 0.29) is 6.54 Å². The van der Waals surface area contributed by atoms with Gasteiger partial charge in [0, 0.05) is 25.5 Å². The van der Waals surface area contributed by atoms with Gasteiger partial charge in [-0.1, -0.05) is 18.2 Å². The van der Waals surface area contributed by atoms with Crippen molar-refractivity contribution in [2.45, 2.75) is 6.92 Å². The van der Waals surface area contributed by atoms with Crippen LogP contribution >= 0.6 is 0 Å². The van der Waals surface area contributed by atoms with E-state index in [1.165, 1.54) is 0 Å². The summed E-state index contributed by atoms with van der Waals surface area (Å²) in [4.78, 5) is 14.3. The maximum Gasteiger partial charge on any atom is 0.245 e. The van der Waals surface area contributed by atoms with Gasteiger partial charge in [0.25, 0.3) is 0 Å². The first-order chi connectivity index (χ1) is 11.7. The first-order valence-corrected chi connectivity index (χ1v) is 9.64. The Morgan fingerprint density at radius 1 is 1.00 bits per heavy atom. The Balaban J connectivity index is 2.21. The molecule has 2 aromatic carbocycles. The van der Waals surface area contributed by atoms with E-state index in [4.69, 9.17) is 0 Å². The third kappa shape index (κ3) is 4.96. The number of nitrogens with zero attached hydrogens (tertiary/aromatic N) is 2. The molecule has 134 valence electrons. The maximum absolute atomic E-state index is 12.3. The number of anilines is 3. The number of carbonyl (C=O) groups is 1. The molecule has 6 nitrogen and oxygen atoms in total. The number of aryl methyl sites for hydroxylation is 1. The Labute approximate surface area is 149 Å². The van der Waals surface area contributed by atoms with Gasteiger partial charge in [0.05, 0.1) is 11.9 Å². The van der Waals surface area contributed by atoms with Crippen LogP contribution in [0.3, 0.4) is 0 Å². The zero-order chi connectivity index (χ0) is 18.6. The van der Waals surface area contributed by atoms with Gasteiger partial charge >= 0.3 is 0 Å². The minimum absolute atomic E-state index is 0.283. The largest absolute Gasteiger partial charge is 0.378 e. The van der Waals surface area contributed by atoms with Gasteiger partial charge in [-0.25, -0.2) is 8.42 Å². The summed E-state index contributed by atoms with van der Waals surface area (Å²) >= 11 is 0. The van der Waals surface area contributed by atoms with Crippen molar-refractivity contribution in [2.75, 3.05) is 41.4 Å². The van der Waals surface area contributed by atoms with E-state index < -0.39 is 15.9 Å². The number of amides is 1. The van der Waals surface area contributed by atoms with Crippen LogP contribution in [0.5, 0.6) is 0 Å². The maximum atomic E-state index is 12.3. The second-order valence-electron chi connectivity index (χ2n) is 6.04. The minimum Gasteiger partial charge on any atom is -0.378 e. The third-order valence-electron chi connectivity index (χ3n) is 3.76. The molecule has 0 saturated carbocycles. The molecule has 0 spiro atoms. The van der Waals surface area contributed by atoms with Crippen LogP contribution in [-0.4, -0.2) is 41.2 Å². The Bertz CT molecular complexity index is 846. The highest BCUT2D eigenvalue weighted by Crippen LogP contribution is 2.22. The predicted molar refractivity (Wildman–Crippen MR) is 103 cm³/mol. The summed E-state index contributed by atoms with van der Waals surface area (Å²) in [7, 11) is 0.214. The van der Waals surface area contributed by atoms with Gasteiger partial charge in [-0.15, -0.1) is 0 Å². The monoisotopic (exact) mass is 361 g/mol. The molecule has 0 aromatic heterocycles. The lowest BCUT2D eigenvalue weighted by Gasteiger charge is -2.23. The molecule has 1 amide bonds. The Morgan fingerprint density at radius 2 is 1.56 bits per heavy atom. The number of rotatable bonds is 6. The molecule has 0 aliphatic heterocycles. The first-order valence-electron chi connectivity index (χ1n) is 7.79. The fourth-order valence-corrected chi connectivity index (χ4v) is 3.21. The van der Waals surface area contributed by atoms with E-state index in [0.717, 1.165) is 21.8 Å². The molecule has 1 N–H and O–H groups in total. The van der Waals surface area contributed by atoms with Gasteiger partial charge in [0.1, 0.15) is 6.54 Å². The number of nitrogens with one attached hydrogen (secondary N) is 1. The summed E-state index contributed by atoms with van der Waals surface area (Å²) in [6.07, 6.45) is 1.09. The van der Waals surface area contributed by atoms with Gasteiger partial charge in [-0.3, -0.25) is 9.10 Å². The Hall–Kier alpha value is -2.54. The van der Waals surface area contributed by atoms with E-state index in [9.17, 15) is 13.2 Å². The molecule has 0 aliphatic rings. The molecule has 0 radical (unpaired) electrons. The zero-order valence-corrected chi connectivity index (χ0v) is 15.7. The Kier molecular flexibility index (Phi) is 5.69. The summed E-state index contributed by atoms with van der Waals surface area (Å²) < 4.78 is 25.4. The highest BCUT2D eigenvalue weighted by Gasteiger charge is 2.21. The van der Waals surface area contributed by atoms with Gasteiger partial charge in [0.2, 0.25) is 15.9 Å². The van der Waals surface area contributed by atoms with E-state index in [2.05, 4.69) is 5.32 Å². The minimum atomic E-state index is -3.59. The Morgan fingerprint density at radius 3 is 2.08 bits per heavy atom. The topological polar surface area (TPSA) is 69.7 Å². The van der Waals surface area contributed by atoms with Crippen molar-refractivity contribution >= 4 is 33.0 Å². The smallest absolute Gasteiger partial charge is 0.245 e. The molecular weight excluding hydrogens is 338 g/mol. The van der Waals surface area contributed by atoms with Crippen molar-refractivity contribution in [1.29, 1.82) is 0 Å². The van der Waals surface area contributed by atoms with Crippen molar-refractivity contribution in [3.8, 4) is 0 Å². The number of hydrogen-bond donors (Lipinski definition) is 1. The van der Waals surface area contributed by atoms with Gasteiger partial charge in [-0.2, -0.15) is 0 Å². The quantitative estimate of drug-likeness (QED) is 0.858. The lowest BCUT2D eigenvalue weighted by molar-refractivity contribution is -0.114. The van der Waals surface area contributed by atoms with Crippen LogP contribution < -0.4 is 14.5 Å². The highest BCUT2D eigenvalue weighted by atomic mass is 32.2. The summed E-state index contributed by atoms with van der Waals surface area (Å²) in [6, 6.07) is 14.4. The molecule has 0 atom stereocenters. The lowest BCUT2D eigenvalue weighted by atomic mass is 10.2. The molecule has 0 unspecified atom stereocenters. The molecule has 0 saturated heterocycles. The van der Waals surface area contributed by atoms with Crippen molar-refractivity contribution in [3.05, 3.63) is 54.1 Å². The fourth-order valence-electron chi connectivity index (χ4n) is 2.35. The van der Waals surface area contributed by atoms with Crippen molar-refractivity contribution in [1.82, 2.24) is 0 Å². The summed E-state index contributed by atoms with van der Waals surface area (Å²) in [6.45, 7) is 1.60. The first kappa shape index (κ1) is 18.8. The van der Waals surface area contributed by atoms with E-state index >= 15 is 0 Å². The van der Waals surface area contributed by atoms with Crippen LogP contribution in [0.2, 0.25) is 0 Å². The summed E-state index contributed by atoms with van der Waals surface area (Å²) in [5, 5.41) is 2.76. The average molecular weight is 361 g/mol. The molecule has 2 rings (SSSR count). The van der Waals surface area contributed by atoms with Crippen molar-refractivity contribution in [3.63, 3.8) is 0 Å². The third-order valence-corrected chi connectivity index (χ3v) is 4.90. The highest BCUT2D eigenvalue weighted by molar-refractivity contribution is 7.92. The van der Waals surface area contributed by atoms with Crippen LogP contribution in [0.25, 0.3) is 0 Å². The van der Waals surface area contributed by atoms with E-state index in [1.54, 1.807) is 18.2 Å². The molecule has 25 heavy (non-hydrogen) atoms. The molecular formula is C18H23N3O3S. The normalized spacial score (nSPS) is 11.0. The van der Waals surface area contributed by atoms with Gasteiger partial charge < -0.3 is 10.2 Å². The van der Waals surface area contributed by atoms with Crippen LogP contribution in [0.15, 0.2) is 48.5 Å². The number of sulfonamides is 1. The standard InChI is InChI=1S/C18H23N3O3S/c1-14-7-5-6-8-17(14)19-18(22)13-21(25(4,23)24)16-11-9-15(10-12-16)20(2)3/h5-12H,13H2,1-4H3,(H,19,22). The van der Waals surface area contributed by atoms with E-state index in [0.29, 0.717) is 11.4 Å². The molecule has 0 bridgehead atoms. The van der Waals surface area contributed by atoms with E-state index in [1.807, 2.05) is 56.3 Å². The average Bonchev–Trinajstić information content (AvgIpc) is 2.54. The number of hydrogen-bond acceptors (Lipinski definition) is 4. The second-order valence-corrected chi connectivity index (χ2v) is 7.95. The second kappa shape index (κ2) is 7.57. The summed E-state index contributed by atoms with van der Waals surface area (Å²) in [5.41, 5.74) is 2.98. The van der Waals surface area contributed by atoms with Crippen molar-refractivity contribution < 1.29 is 13.2 Å². The fraction of sp³-hybridized carbons (Fsp3) is 0.278. The number of para-hydroxylation sites is 1. The van der Waals surface area contributed by atoms with Gasteiger partial charge in [0.15, 0.2) is 0 Å². The number of benzene rings is 2. The molecule has 2 aromatic rings. The van der Waals surface area contributed by atoms with Crippen LogP contribution in [0.4, 0.5) is 17.1 Å². The van der Waals surface area contributed by atoms with Gasteiger partial charge in [-0.05, 0) is 42.8 Å². The zero-order valence-electron chi connectivity index (χ0n) is 14.9. The van der Waals surface area contributed by atoms with Crippen LogP contribution in [0.1, 0.15) is 5.56 Å². The predicted octanol–water partition coefficient (Wildman–Crippen LogP) is 2.47.